The van der Waals surface area contributed by atoms with Crippen LogP contribution in [-0.2, 0) is 0 Å². The maximum atomic E-state index is 4.03. The molecule has 0 heteroatoms. The van der Waals surface area contributed by atoms with Gasteiger partial charge < -0.3 is 6.92 Å². The predicted octanol–water partition coefficient (Wildman–Crippen LogP) is 1.87. The Kier molecular flexibility index (Phi) is 0.586. The molecule has 2 aliphatic rings. The van der Waals surface area contributed by atoms with Gasteiger partial charge in [-0.1, -0.05) is 31.1 Å². The third kappa shape index (κ3) is 0.375. The molecular weight excluding hydrogens is 84.1 g/mol. The molecule has 2 atom stereocenters. The molecule has 0 aromatic carbocycles. The molecule has 0 nitrogen and oxygen atoms in total. The minimum atomic E-state index is 0.869. The molecule has 0 bridgehead atoms. The Bertz CT molecular complexity index is 76.0. The van der Waals surface area contributed by atoms with Gasteiger partial charge >= 0.3 is 0 Å². The van der Waals surface area contributed by atoms with E-state index in [1.807, 2.05) is 0 Å². The minimum absolute atomic E-state index is 0.869. The molecule has 40 valence electrons. The molecule has 2 aliphatic carbocycles. The van der Waals surface area contributed by atoms with Crippen LogP contribution in [0.3, 0.4) is 0 Å². The van der Waals surface area contributed by atoms with E-state index >= 15 is 0 Å². The van der Waals surface area contributed by atoms with Gasteiger partial charge in [-0.05, 0) is 0 Å². The zero-order chi connectivity index (χ0) is 4.85. The first-order chi connectivity index (χ1) is 3.39. The maximum Gasteiger partial charge on any atom is -0.0524 e. The maximum absolute atomic E-state index is 4.03. The van der Waals surface area contributed by atoms with Crippen LogP contribution in [0.15, 0.2) is 0 Å². The summed E-state index contributed by atoms with van der Waals surface area (Å²) < 4.78 is 0. The molecule has 0 N–H and O–H groups in total. The lowest BCUT2D eigenvalue weighted by molar-refractivity contribution is 0.663. The summed E-state index contributed by atoms with van der Waals surface area (Å²) in [6.07, 6.45) is 4.46. The Balaban J connectivity index is 2.06. The lowest BCUT2D eigenvalue weighted by Gasteiger charge is -1.95. The Morgan fingerprint density at radius 1 is 1.14 bits per heavy atom. The summed E-state index contributed by atoms with van der Waals surface area (Å²) in [6.45, 7) is 4.03. The van der Waals surface area contributed by atoms with E-state index in [0.717, 1.165) is 17.8 Å². The standard InChI is InChI=1S/C7H11/c1-5-6-3-2-4-7(5)6/h5-7H,1-4H2/q-1. The van der Waals surface area contributed by atoms with E-state index < -0.39 is 0 Å². The monoisotopic (exact) mass is 95.1 g/mol. The van der Waals surface area contributed by atoms with Crippen molar-refractivity contribution < 1.29 is 0 Å². The topological polar surface area (TPSA) is 0 Å². The van der Waals surface area contributed by atoms with E-state index in [1.165, 1.54) is 19.3 Å². The second-order valence-electron chi connectivity index (χ2n) is 2.92. The smallest absolute Gasteiger partial charge is 0.0524 e. The summed E-state index contributed by atoms with van der Waals surface area (Å²) in [4.78, 5) is 0. The van der Waals surface area contributed by atoms with Crippen LogP contribution in [0.2, 0.25) is 0 Å². The Morgan fingerprint density at radius 3 is 2.00 bits per heavy atom. The Labute approximate surface area is 44.9 Å². The van der Waals surface area contributed by atoms with Gasteiger partial charge in [-0.2, -0.15) is 5.92 Å². The predicted molar refractivity (Wildman–Crippen MR) is 29.7 cm³/mol. The number of hydrogen-bond acceptors (Lipinski definition) is 0. The summed E-state index contributed by atoms with van der Waals surface area (Å²) in [7, 11) is 0. The van der Waals surface area contributed by atoms with Crippen molar-refractivity contribution in [2.24, 2.45) is 17.8 Å². The molecule has 2 fully saturated rings. The van der Waals surface area contributed by atoms with Crippen LogP contribution in [0, 0.1) is 24.7 Å². The molecule has 0 aromatic heterocycles. The minimum Gasteiger partial charge on any atom is -0.340 e. The van der Waals surface area contributed by atoms with Gasteiger partial charge in [0.25, 0.3) is 0 Å². The average Bonchev–Trinajstić information content (AvgIpc) is 2.26. The molecule has 0 saturated heterocycles. The lowest BCUT2D eigenvalue weighted by atomic mass is 10.2. The summed E-state index contributed by atoms with van der Waals surface area (Å²) in [6, 6.07) is 0. The van der Waals surface area contributed by atoms with Crippen LogP contribution in [0.1, 0.15) is 19.3 Å². The molecule has 0 heterocycles. The van der Waals surface area contributed by atoms with Crippen molar-refractivity contribution in [2.45, 2.75) is 19.3 Å². The van der Waals surface area contributed by atoms with Crippen molar-refractivity contribution in [3.8, 4) is 0 Å². The fourth-order valence-electron chi connectivity index (χ4n) is 1.97. The third-order valence-corrected chi connectivity index (χ3v) is 2.58. The average molecular weight is 95.2 g/mol. The molecular formula is C7H11-. The summed E-state index contributed by atoms with van der Waals surface area (Å²) in [5.74, 6) is 3.01. The molecule has 0 amide bonds. The first-order valence-corrected chi connectivity index (χ1v) is 3.22. The van der Waals surface area contributed by atoms with Crippen LogP contribution in [0.25, 0.3) is 0 Å². The molecule has 2 unspecified atom stereocenters. The van der Waals surface area contributed by atoms with Crippen molar-refractivity contribution in [1.82, 2.24) is 0 Å². The zero-order valence-electron chi connectivity index (χ0n) is 4.56. The number of rotatable bonds is 0. The van der Waals surface area contributed by atoms with Crippen LogP contribution < -0.4 is 0 Å². The van der Waals surface area contributed by atoms with Crippen LogP contribution >= 0.6 is 0 Å². The number of fused-ring (bicyclic) bond motifs is 1. The molecule has 7 heavy (non-hydrogen) atoms. The summed E-state index contributed by atoms with van der Waals surface area (Å²) >= 11 is 0. The highest BCUT2D eigenvalue weighted by Crippen LogP contribution is 2.56. The quantitative estimate of drug-likeness (QED) is 0.403. The van der Waals surface area contributed by atoms with Crippen LogP contribution in [0.4, 0.5) is 0 Å². The first-order valence-electron chi connectivity index (χ1n) is 3.22. The van der Waals surface area contributed by atoms with E-state index in [2.05, 4.69) is 6.92 Å². The van der Waals surface area contributed by atoms with Crippen LogP contribution in [0.5, 0.6) is 0 Å². The lowest BCUT2D eigenvalue weighted by Crippen LogP contribution is -1.77. The van der Waals surface area contributed by atoms with Gasteiger partial charge in [-0.25, -0.2) is 0 Å². The zero-order valence-corrected chi connectivity index (χ0v) is 4.56. The van der Waals surface area contributed by atoms with Gasteiger partial charge in [-0.3, -0.25) is 0 Å². The van der Waals surface area contributed by atoms with Crippen molar-refractivity contribution in [3.05, 3.63) is 6.92 Å². The Morgan fingerprint density at radius 2 is 1.71 bits per heavy atom. The van der Waals surface area contributed by atoms with E-state index in [9.17, 15) is 0 Å². The molecule has 2 rings (SSSR count). The van der Waals surface area contributed by atoms with Gasteiger partial charge in [-0.15, -0.1) is 0 Å². The highest BCUT2D eigenvalue weighted by Gasteiger charge is 2.43. The molecule has 0 aromatic rings. The van der Waals surface area contributed by atoms with Crippen molar-refractivity contribution in [3.63, 3.8) is 0 Å². The van der Waals surface area contributed by atoms with Crippen LogP contribution in [-0.4, -0.2) is 0 Å². The molecule has 0 aliphatic heterocycles. The van der Waals surface area contributed by atoms with Gasteiger partial charge in [0.2, 0.25) is 0 Å². The SMILES string of the molecule is [CH2-]C1C2CCCC12. The second-order valence-corrected chi connectivity index (χ2v) is 2.92. The molecule has 0 radical (unpaired) electrons. The summed E-state index contributed by atoms with van der Waals surface area (Å²) in [5, 5.41) is 0. The fourth-order valence-corrected chi connectivity index (χ4v) is 1.97. The fraction of sp³-hybridized carbons (Fsp3) is 0.857. The largest absolute Gasteiger partial charge is 0.340 e. The third-order valence-electron chi connectivity index (χ3n) is 2.58. The van der Waals surface area contributed by atoms with Gasteiger partial charge in [0.15, 0.2) is 0 Å². The second kappa shape index (κ2) is 1.04. The van der Waals surface area contributed by atoms with Gasteiger partial charge in [0.1, 0.15) is 0 Å². The highest BCUT2D eigenvalue weighted by molar-refractivity contribution is 5.01. The molecule has 0 spiro atoms. The Hall–Kier alpha value is 0. The van der Waals surface area contributed by atoms with Crippen molar-refractivity contribution >= 4 is 0 Å². The summed E-state index contributed by atoms with van der Waals surface area (Å²) in [5.41, 5.74) is 0. The molecule has 2 saturated carbocycles. The van der Waals surface area contributed by atoms with E-state index in [1.54, 1.807) is 0 Å². The van der Waals surface area contributed by atoms with Crippen molar-refractivity contribution in [2.75, 3.05) is 0 Å². The first kappa shape index (κ1) is 3.94. The van der Waals surface area contributed by atoms with E-state index in [4.69, 9.17) is 0 Å². The number of hydrogen-bond donors (Lipinski definition) is 0. The van der Waals surface area contributed by atoms with E-state index in [-0.39, 0.29) is 0 Å². The van der Waals surface area contributed by atoms with Gasteiger partial charge in [0.05, 0.1) is 0 Å². The van der Waals surface area contributed by atoms with E-state index in [0.29, 0.717) is 0 Å². The highest BCUT2D eigenvalue weighted by atomic mass is 14.5. The normalized spacial score (nSPS) is 57.0. The van der Waals surface area contributed by atoms with Gasteiger partial charge in [0, 0.05) is 0 Å². The van der Waals surface area contributed by atoms with Crippen molar-refractivity contribution in [1.29, 1.82) is 0 Å².